The molecule has 3 fully saturated rings. The van der Waals surface area contributed by atoms with Gasteiger partial charge in [0.15, 0.2) is 0 Å². The molecule has 1 aliphatic carbocycles. The number of nitrogens with zero attached hydrogens (tertiary/aromatic N) is 4. The molecule has 1 aromatic heterocycles. The zero-order valence-corrected chi connectivity index (χ0v) is 40.2. The minimum Gasteiger partial charge on any atom is -0.508 e. The van der Waals surface area contributed by atoms with E-state index in [2.05, 4.69) is 58.8 Å². The molecule has 5 aliphatic rings. The van der Waals surface area contributed by atoms with Gasteiger partial charge in [0.25, 0.3) is 5.91 Å². The minimum atomic E-state index is -1.14. The SMILES string of the molecule is CCn1c(C2=C([C@H](C)OC)N=CCC2)c2c3cc(ccc31)-c1cc(O)cc(c1)C[C@H](NC(=O)[C@H](C(C)C)N(C)C(=O)C1CC(NC(=O)[C@@H]3CN3)C1)C(=O)N1CCC[C@H](N1)C(=O)OCC(C)(C)C2. The van der Waals surface area contributed by atoms with Crippen molar-refractivity contribution in [3.05, 3.63) is 58.9 Å². The van der Waals surface area contributed by atoms with Crippen LogP contribution in [0.5, 0.6) is 5.75 Å². The second-order valence-corrected chi connectivity index (χ2v) is 20.3. The van der Waals surface area contributed by atoms with Crippen molar-refractivity contribution in [1.82, 2.24) is 35.9 Å². The van der Waals surface area contributed by atoms with Crippen LogP contribution in [0, 0.1) is 17.3 Å². The van der Waals surface area contributed by atoms with Crippen LogP contribution in [0.25, 0.3) is 27.6 Å². The first-order valence-electron chi connectivity index (χ1n) is 24.1. The number of ether oxygens (including phenoxy) is 2. The first kappa shape index (κ1) is 47.9. The van der Waals surface area contributed by atoms with Crippen LogP contribution in [0.15, 0.2) is 47.1 Å². The van der Waals surface area contributed by atoms with Crippen LogP contribution >= 0.6 is 0 Å². The van der Waals surface area contributed by atoms with Crippen LogP contribution in [0.4, 0.5) is 0 Å². The largest absolute Gasteiger partial charge is 0.508 e. The summed E-state index contributed by atoms with van der Waals surface area (Å²) in [4.78, 5) is 75.7. The summed E-state index contributed by atoms with van der Waals surface area (Å²) in [6.45, 7) is 13.8. The maximum atomic E-state index is 14.7. The van der Waals surface area contributed by atoms with Crippen molar-refractivity contribution in [1.29, 1.82) is 0 Å². The molecule has 0 unspecified atom stereocenters. The highest BCUT2D eigenvalue weighted by atomic mass is 16.5. The number of nitrogens with one attached hydrogen (secondary N) is 4. The van der Waals surface area contributed by atoms with E-state index in [-0.39, 0.29) is 67.2 Å². The number of carbonyl (C=O) groups excluding carboxylic acids is 5. The molecule has 0 radical (unpaired) electrons. The predicted molar refractivity (Wildman–Crippen MR) is 256 cm³/mol. The second kappa shape index (κ2) is 19.6. The van der Waals surface area contributed by atoms with Crippen LogP contribution in [0.3, 0.4) is 0 Å². The minimum absolute atomic E-state index is 0.00352. The van der Waals surface area contributed by atoms with Gasteiger partial charge in [-0.3, -0.25) is 34.0 Å². The van der Waals surface area contributed by atoms with E-state index in [1.165, 1.54) is 9.91 Å². The van der Waals surface area contributed by atoms with Gasteiger partial charge in [0, 0.05) is 80.3 Å². The number of methoxy groups -OCH3 is 1. The number of amides is 4. The summed E-state index contributed by atoms with van der Waals surface area (Å²) >= 11 is 0. The third-order valence-electron chi connectivity index (χ3n) is 14.2. The number of fused-ring (bicyclic) bond motifs is 6. The summed E-state index contributed by atoms with van der Waals surface area (Å²) in [6.07, 6.45) is 5.84. The molecule has 4 amide bonds. The fourth-order valence-electron chi connectivity index (χ4n) is 10.4. The van der Waals surface area contributed by atoms with Gasteiger partial charge in [0.05, 0.1) is 30.1 Å². The number of cyclic esters (lactones) is 1. The van der Waals surface area contributed by atoms with Gasteiger partial charge in [-0.1, -0.05) is 39.8 Å². The number of esters is 1. The van der Waals surface area contributed by atoms with Gasteiger partial charge in [-0.05, 0) is 111 Å². The van der Waals surface area contributed by atoms with E-state index < -0.39 is 41.3 Å². The number of phenols is 1. The first-order valence-corrected chi connectivity index (χ1v) is 24.1. The number of hydrogen-bond acceptors (Lipinski definition) is 11. The molecular weight excluding hydrogens is 853 g/mol. The van der Waals surface area contributed by atoms with Gasteiger partial charge in [0.1, 0.15) is 23.9 Å². The topological polar surface area (TPSA) is 206 Å². The molecule has 0 spiro atoms. The lowest BCUT2D eigenvalue weighted by atomic mass is 9.78. The number of phenolic OH excluding ortho intramolecular Hbond substituents is 1. The van der Waals surface area contributed by atoms with Crippen LogP contribution in [0.1, 0.15) is 96.9 Å². The van der Waals surface area contributed by atoms with Crippen molar-refractivity contribution in [2.24, 2.45) is 22.2 Å². The maximum absolute atomic E-state index is 14.7. The van der Waals surface area contributed by atoms with Crippen molar-refractivity contribution < 1.29 is 38.6 Å². The molecule has 5 N–H and O–H groups in total. The van der Waals surface area contributed by atoms with E-state index in [9.17, 15) is 29.1 Å². The molecule has 4 aliphatic heterocycles. The summed E-state index contributed by atoms with van der Waals surface area (Å²) in [5.41, 5.74) is 10.1. The number of allylic oxidation sites excluding steroid dienone is 1. The van der Waals surface area contributed by atoms with Gasteiger partial charge in [-0.15, -0.1) is 0 Å². The smallest absolute Gasteiger partial charge is 0.324 e. The van der Waals surface area contributed by atoms with E-state index in [1.54, 1.807) is 26.3 Å². The van der Waals surface area contributed by atoms with E-state index >= 15 is 0 Å². The lowest BCUT2D eigenvalue weighted by Crippen LogP contribution is -2.62. The summed E-state index contributed by atoms with van der Waals surface area (Å²) in [5, 5.41) is 22.8. The Morgan fingerprint density at radius 3 is 2.54 bits per heavy atom. The zero-order valence-electron chi connectivity index (χ0n) is 40.2. The molecule has 1 saturated carbocycles. The van der Waals surface area contributed by atoms with E-state index in [1.807, 2.05) is 39.1 Å². The van der Waals surface area contributed by atoms with Crippen LogP contribution < -0.4 is 21.4 Å². The highest BCUT2D eigenvalue weighted by Crippen LogP contribution is 2.42. The Labute approximate surface area is 393 Å². The van der Waals surface area contributed by atoms with E-state index in [4.69, 9.17) is 14.5 Å². The number of rotatable bonds is 11. The number of benzene rings is 2. The maximum Gasteiger partial charge on any atom is 0.324 e. The van der Waals surface area contributed by atoms with Crippen molar-refractivity contribution >= 4 is 52.3 Å². The Morgan fingerprint density at radius 2 is 1.84 bits per heavy atom. The van der Waals surface area contributed by atoms with Crippen molar-refractivity contribution in [2.75, 3.05) is 33.9 Å². The highest BCUT2D eigenvalue weighted by molar-refractivity contribution is 5.96. The average Bonchev–Trinajstić information content (AvgIpc) is 4.11. The monoisotopic (exact) mass is 921 g/mol. The molecule has 6 bridgehead atoms. The number of hydrazine groups is 1. The molecule has 3 aromatic rings. The Hall–Kier alpha value is -5.58. The quantitative estimate of drug-likeness (QED) is 0.133. The van der Waals surface area contributed by atoms with Crippen LogP contribution in [-0.2, 0) is 52.8 Å². The molecule has 16 heteroatoms. The standard InChI is InChI=1S/C51H68N8O8/c1-9-58-42-15-14-31-24-37(42)38(45(58)36-12-10-16-52-43(36)29(4)66-8)25-51(5,6)27-67-50(65)39-13-11-17-59(56-39)49(64)40(20-30-18-32(31)23-35(60)19-30)55-47(62)44(28(2)3)57(7)48(63)33-21-34(22-33)54-46(61)41-26-53-41/h14-16,18-19,23-24,28-29,33-34,39-41,44,53,56,60H,9-13,17,20-22,25-27H2,1-8H3,(H,54,61)(H,55,62)/t29-,33?,34?,39-,40-,41-,44-/m0/s1. The first-order chi connectivity index (χ1) is 32.0. The van der Waals surface area contributed by atoms with Crippen LogP contribution in [0.2, 0.25) is 0 Å². The number of carbonyl (C=O) groups is 5. The second-order valence-electron chi connectivity index (χ2n) is 20.3. The fraction of sp³-hybridized carbons (Fsp3) is 0.569. The number of aromatic hydroxyl groups is 1. The Balaban J connectivity index is 1.16. The van der Waals surface area contributed by atoms with Gasteiger partial charge in [-0.2, -0.15) is 0 Å². The molecular formula is C51H68N8O8. The third-order valence-corrected chi connectivity index (χ3v) is 14.2. The molecule has 2 aromatic carbocycles. The van der Waals surface area contributed by atoms with Crippen molar-refractivity contribution in [2.45, 2.75) is 136 Å². The number of hydrogen-bond donors (Lipinski definition) is 5. The van der Waals surface area contributed by atoms with Gasteiger partial charge in [-0.25, -0.2) is 5.43 Å². The van der Waals surface area contributed by atoms with Crippen molar-refractivity contribution in [3.8, 4) is 16.9 Å². The fourth-order valence-corrected chi connectivity index (χ4v) is 10.4. The number of likely N-dealkylation sites (N-methyl/N-ethyl adjacent to an activating group) is 1. The Bertz CT molecular complexity index is 2480. The summed E-state index contributed by atoms with van der Waals surface area (Å²) in [5.74, 6) is -2.35. The zero-order chi connectivity index (χ0) is 47.9. The summed E-state index contributed by atoms with van der Waals surface area (Å²) in [6, 6.07) is 8.45. The number of aryl methyl sites for hydroxylation is 1. The predicted octanol–water partition coefficient (Wildman–Crippen LogP) is 4.64. The Morgan fingerprint density at radius 1 is 1.07 bits per heavy atom. The molecule has 16 nitrogen and oxygen atoms in total. The highest BCUT2D eigenvalue weighted by Gasteiger charge is 2.43. The molecule has 5 atom stereocenters. The normalized spacial score (nSPS) is 24.9. The lowest BCUT2D eigenvalue weighted by molar-refractivity contribution is -0.155. The molecule has 8 rings (SSSR count). The van der Waals surface area contributed by atoms with Crippen LogP contribution in [-0.4, -0.2) is 126 Å². The van der Waals surface area contributed by atoms with Gasteiger partial charge in [0.2, 0.25) is 17.7 Å². The van der Waals surface area contributed by atoms with E-state index in [0.717, 1.165) is 57.4 Å². The van der Waals surface area contributed by atoms with Crippen molar-refractivity contribution in [3.63, 3.8) is 0 Å². The molecule has 67 heavy (non-hydrogen) atoms. The molecule has 5 heterocycles. The molecule has 2 saturated heterocycles. The number of aliphatic imine (C=N–C) groups is 1. The van der Waals surface area contributed by atoms with Gasteiger partial charge >= 0.3 is 5.97 Å². The molecule has 360 valence electrons. The average molecular weight is 921 g/mol. The van der Waals surface area contributed by atoms with E-state index in [0.29, 0.717) is 50.8 Å². The summed E-state index contributed by atoms with van der Waals surface area (Å²) in [7, 11) is 3.31. The van der Waals surface area contributed by atoms with Gasteiger partial charge < -0.3 is 40.0 Å². The third kappa shape index (κ3) is 10.2. The lowest BCUT2D eigenvalue weighted by Gasteiger charge is -2.40. The number of aromatic nitrogens is 1. The summed E-state index contributed by atoms with van der Waals surface area (Å²) < 4.78 is 14.3. The Kier molecular flexibility index (Phi) is 14.0.